The average molecular weight is 486 g/mol. The van der Waals surface area contributed by atoms with Gasteiger partial charge in [-0.3, -0.25) is 14.4 Å². The van der Waals surface area contributed by atoms with Crippen LogP contribution in [0.3, 0.4) is 0 Å². The van der Waals surface area contributed by atoms with Gasteiger partial charge >= 0.3 is 6.09 Å². The second-order valence-electron chi connectivity index (χ2n) is 11.1. The van der Waals surface area contributed by atoms with Crippen LogP contribution in [0.25, 0.3) is 0 Å². The molecule has 0 N–H and O–H groups in total. The van der Waals surface area contributed by atoms with Gasteiger partial charge in [-0.05, 0) is 36.8 Å². The highest BCUT2D eigenvalue weighted by molar-refractivity contribution is 6.42. The van der Waals surface area contributed by atoms with Gasteiger partial charge in [0, 0.05) is 56.9 Å². The van der Waals surface area contributed by atoms with Crippen LogP contribution in [0, 0.1) is 16.6 Å². The molecule has 2 heterocycles. The second-order valence-corrected chi connectivity index (χ2v) is 11.1. The molecule has 2 amide bonds. The summed E-state index contributed by atoms with van der Waals surface area (Å²) in [6, 6.07) is 5.03. The van der Waals surface area contributed by atoms with Gasteiger partial charge in [0.05, 0.1) is 17.9 Å². The molecule has 0 aromatic heterocycles. The predicted molar refractivity (Wildman–Crippen MR) is 126 cm³/mol. The molecule has 1 spiro atoms. The number of Topliss-reactive ketones (excluding diaryl/α,β-unsaturated/α-hetero) is 2. The Morgan fingerprint density at radius 1 is 0.971 bits per heavy atom. The summed E-state index contributed by atoms with van der Waals surface area (Å²) in [5, 5.41) is 0. The van der Waals surface area contributed by atoms with E-state index in [9.17, 15) is 19.2 Å². The monoisotopic (exact) mass is 485 g/mol. The first-order chi connectivity index (χ1) is 16.5. The molecule has 0 bridgehead atoms. The van der Waals surface area contributed by atoms with Crippen molar-refractivity contribution in [3.8, 4) is 0 Å². The molecule has 4 fully saturated rings. The molecular weight excluding hydrogens is 453 g/mol. The van der Waals surface area contributed by atoms with Gasteiger partial charge in [0.2, 0.25) is 11.7 Å². The second kappa shape index (κ2) is 8.03. The van der Waals surface area contributed by atoms with Crippen LogP contribution < -0.4 is 4.90 Å². The van der Waals surface area contributed by atoms with E-state index in [1.807, 2.05) is 24.8 Å². The van der Waals surface area contributed by atoms with Crippen LogP contribution in [0.5, 0.6) is 0 Å². The lowest BCUT2D eigenvalue weighted by molar-refractivity contribution is -0.140. The number of amides is 2. The molecule has 1 aromatic carbocycles. The van der Waals surface area contributed by atoms with Gasteiger partial charge in [-0.2, -0.15) is 0 Å². The number of likely N-dealkylation sites (tertiary alicyclic amines) is 1. The SMILES string of the molecule is COC(=O)N1CCN(c2ccc(C3(C(=O)N4CCC5(C4)C(=O)C(=O)CC5(C)C)CC3)c(F)c2)CC1. The molecule has 8 nitrogen and oxygen atoms in total. The van der Waals surface area contributed by atoms with Crippen LogP contribution in [-0.2, 0) is 24.5 Å². The smallest absolute Gasteiger partial charge is 0.409 e. The first-order valence-corrected chi connectivity index (χ1v) is 12.3. The molecule has 2 aliphatic carbocycles. The Morgan fingerprint density at radius 3 is 2.20 bits per heavy atom. The van der Waals surface area contributed by atoms with Crippen molar-refractivity contribution in [3.63, 3.8) is 0 Å². The highest BCUT2D eigenvalue weighted by atomic mass is 19.1. The van der Waals surface area contributed by atoms with E-state index in [2.05, 4.69) is 0 Å². The van der Waals surface area contributed by atoms with E-state index in [1.54, 1.807) is 15.9 Å². The van der Waals surface area contributed by atoms with Crippen molar-refractivity contribution in [2.45, 2.75) is 44.9 Å². The fourth-order valence-corrected chi connectivity index (χ4v) is 6.34. The zero-order chi connectivity index (χ0) is 25.2. The number of hydrogen-bond acceptors (Lipinski definition) is 6. The Kier molecular flexibility index (Phi) is 5.45. The van der Waals surface area contributed by atoms with Crippen molar-refractivity contribution < 1.29 is 28.3 Å². The molecule has 2 saturated heterocycles. The third-order valence-electron chi connectivity index (χ3n) is 8.85. The first kappa shape index (κ1) is 23.8. The molecule has 0 radical (unpaired) electrons. The first-order valence-electron chi connectivity index (χ1n) is 12.3. The van der Waals surface area contributed by atoms with Gasteiger partial charge in [-0.15, -0.1) is 0 Å². The van der Waals surface area contributed by atoms with E-state index in [-0.39, 0.29) is 36.5 Å². The summed E-state index contributed by atoms with van der Waals surface area (Å²) >= 11 is 0. The molecule has 1 atom stereocenters. The lowest BCUT2D eigenvalue weighted by Gasteiger charge is -2.36. The van der Waals surface area contributed by atoms with Crippen LogP contribution >= 0.6 is 0 Å². The number of rotatable bonds is 3. The van der Waals surface area contributed by atoms with Crippen LogP contribution in [0.2, 0.25) is 0 Å². The molecule has 35 heavy (non-hydrogen) atoms. The number of methoxy groups -OCH3 is 1. The number of ketones is 2. The number of ether oxygens (including phenoxy) is 1. The third-order valence-corrected chi connectivity index (χ3v) is 8.85. The Balaban J connectivity index is 1.31. The highest BCUT2D eigenvalue weighted by Gasteiger charge is 2.64. The molecule has 5 rings (SSSR count). The van der Waals surface area contributed by atoms with E-state index < -0.39 is 22.1 Å². The minimum absolute atomic E-state index is 0.143. The Morgan fingerprint density at radius 2 is 1.66 bits per heavy atom. The van der Waals surface area contributed by atoms with Crippen molar-refractivity contribution in [2.75, 3.05) is 51.3 Å². The summed E-state index contributed by atoms with van der Waals surface area (Å²) in [6.45, 7) is 6.62. The molecule has 2 saturated carbocycles. The summed E-state index contributed by atoms with van der Waals surface area (Å²) in [6.07, 6.45) is 1.46. The summed E-state index contributed by atoms with van der Waals surface area (Å²) in [7, 11) is 1.35. The van der Waals surface area contributed by atoms with E-state index in [4.69, 9.17) is 4.74 Å². The van der Waals surface area contributed by atoms with Crippen molar-refractivity contribution in [3.05, 3.63) is 29.6 Å². The molecule has 4 aliphatic rings. The maximum Gasteiger partial charge on any atom is 0.409 e. The van der Waals surface area contributed by atoms with Crippen molar-refractivity contribution in [2.24, 2.45) is 10.8 Å². The predicted octanol–water partition coefficient (Wildman–Crippen LogP) is 2.53. The summed E-state index contributed by atoms with van der Waals surface area (Å²) < 4.78 is 20.2. The zero-order valence-electron chi connectivity index (χ0n) is 20.6. The normalized spacial score (nSPS) is 27.0. The number of anilines is 1. The number of halogens is 1. The molecule has 1 unspecified atom stereocenters. The minimum atomic E-state index is -0.895. The lowest BCUT2D eigenvalue weighted by Crippen LogP contribution is -2.48. The average Bonchev–Trinajstić information content (AvgIpc) is 3.47. The fraction of sp³-hybridized carbons (Fsp3) is 0.615. The lowest BCUT2D eigenvalue weighted by atomic mass is 9.67. The summed E-state index contributed by atoms with van der Waals surface area (Å²) in [5.41, 5.74) is -1.10. The van der Waals surface area contributed by atoms with E-state index in [1.165, 1.54) is 13.2 Å². The van der Waals surface area contributed by atoms with E-state index >= 15 is 4.39 Å². The van der Waals surface area contributed by atoms with E-state index in [0.29, 0.717) is 57.5 Å². The number of carbonyl (C=O) groups is 4. The van der Waals surface area contributed by atoms with Gasteiger partial charge < -0.3 is 19.4 Å². The number of hydrogen-bond donors (Lipinski definition) is 0. The number of benzene rings is 1. The quantitative estimate of drug-likeness (QED) is 0.612. The van der Waals surface area contributed by atoms with E-state index in [0.717, 1.165) is 5.69 Å². The van der Waals surface area contributed by atoms with Crippen molar-refractivity contribution >= 4 is 29.3 Å². The Hall–Kier alpha value is -2.97. The Labute approximate surface area is 204 Å². The number of nitrogens with zero attached hydrogens (tertiary/aromatic N) is 3. The topological polar surface area (TPSA) is 87.2 Å². The maximum absolute atomic E-state index is 15.4. The molecule has 2 aliphatic heterocycles. The fourth-order valence-electron chi connectivity index (χ4n) is 6.34. The third kappa shape index (κ3) is 3.53. The standard InChI is InChI=1S/C26H32FN3O5/c1-24(2)15-20(31)21(32)26(24)8-9-30(16-26)22(33)25(6-7-25)18-5-4-17(14-19(18)27)28-10-12-29(13-11-28)23(34)35-3/h4-5,14H,6-13,15-16H2,1-3H3. The maximum atomic E-state index is 15.4. The zero-order valence-corrected chi connectivity index (χ0v) is 20.6. The molecule has 1 aromatic rings. The van der Waals surface area contributed by atoms with Gasteiger partial charge in [0.1, 0.15) is 5.82 Å². The summed E-state index contributed by atoms with van der Waals surface area (Å²) in [4.78, 5) is 55.6. The van der Waals surface area contributed by atoms with Crippen LogP contribution in [-0.4, -0.2) is 79.7 Å². The van der Waals surface area contributed by atoms with Crippen molar-refractivity contribution in [1.29, 1.82) is 0 Å². The molecular formula is C26H32FN3O5. The number of piperazine rings is 1. The summed E-state index contributed by atoms with van der Waals surface area (Å²) in [5.74, 6) is -1.26. The van der Waals surface area contributed by atoms with Crippen LogP contribution in [0.1, 0.15) is 45.1 Å². The van der Waals surface area contributed by atoms with Gasteiger partial charge in [0.25, 0.3) is 0 Å². The largest absolute Gasteiger partial charge is 0.453 e. The van der Waals surface area contributed by atoms with Gasteiger partial charge in [-0.1, -0.05) is 19.9 Å². The number of carbonyl (C=O) groups excluding carboxylic acids is 4. The minimum Gasteiger partial charge on any atom is -0.453 e. The highest BCUT2D eigenvalue weighted by Crippen LogP contribution is 2.56. The van der Waals surface area contributed by atoms with Crippen LogP contribution in [0.15, 0.2) is 18.2 Å². The Bertz CT molecular complexity index is 1110. The van der Waals surface area contributed by atoms with Gasteiger partial charge in [-0.25, -0.2) is 9.18 Å². The van der Waals surface area contributed by atoms with Gasteiger partial charge in [0.15, 0.2) is 5.78 Å². The molecule has 9 heteroatoms. The molecule has 188 valence electrons. The van der Waals surface area contributed by atoms with Crippen molar-refractivity contribution in [1.82, 2.24) is 9.80 Å². The van der Waals surface area contributed by atoms with Crippen LogP contribution in [0.4, 0.5) is 14.9 Å².